The molecule has 0 aliphatic heterocycles. The first kappa shape index (κ1) is 28.5. The monoisotopic (exact) mass is 539 g/mol. The van der Waals surface area contributed by atoms with Gasteiger partial charge in [-0.1, -0.05) is 54.1 Å². The second-order valence-corrected chi connectivity index (χ2v) is 9.34. The predicted octanol–water partition coefficient (Wildman–Crippen LogP) is 4.80. The van der Waals surface area contributed by atoms with Gasteiger partial charge in [0, 0.05) is 36.2 Å². The third-order valence-corrected chi connectivity index (χ3v) is 5.89. The molecule has 3 aromatic rings. The van der Waals surface area contributed by atoms with Crippen molar-refractivity contribution >= 4 is 29.1 Å². The van der Waals surface area contributed by atoms with E-state index in [2.05, 4.69) is 5.32 Å². The molecule has 38 heavy (non-hydrogen) atoms. The Bertz CT molecular complexity index is 1270. The van der Waals surface area contributed by atoms with Gasteiger partial charge in [-0.3, -0.25) is 19.7 Å². The van der Waals surface area contributed by atoms with Crippen molar-refractivity contribution < 1.29 is 24.0 Å². The lowest BCUT2D eigenvalue weighted by Crippen LogP contribution is -2.52. The van der Waals surface area contributed by atoms with Crippen molar-refractivity contribution in [1.29, 1.82) is 0 Å². The molecule has 0 aliphatic carbocycles. The molecular formula is C28H30ClN3O6. The van der Waals surface area contributed by atoms with Gasteiger partial charge in [0.15, 0.2) is 6.61 Å². The van der Waals surface area contributed by atoms with Crippen LogP contribution in [0.1, 0.15) is 25.0 Å². The molecule has 0 saturated heterocycles. The normalized spacial score (nSPS) is 11.5. The molecule has 1 unspecified atom stereocenters. The topological polar surface area (TPSA) is 111 Å². The largest absolute Gasteiger partial charge is 0.490 e. The van der Waals surface area contributed by atoms with Crippen molar-refractivity contribution in [3.63, 3.8) is 0 Å². The third-order valence-electron chi connectivity index (χ3n) is 5.65. The summed E-state index contributed by atoms with van der Waals surface area (Å²) in [6, 6.07) is 19.5. The maximum Gasteiger partial charge on any atom is 0.311 e. The van der Waals surface area contributed by atoms with Crippen molar-refractivity contribution in [2.75, 3.05) is 13.7 Å². The van der Waals surface area contributed by atoms with E-state index in [-0.39, 0.29) is 42.1 Å². The minimum absolute atomic E-state index is 0.00833. The highest BCUT2D eigenvalue weighted by atomic mass is 35.5. The van der Waals surface area contributed by atoms with E-state index in [0.29, 0.717) is 5.02 Å². The second-order valence-electron chi connectivity index (χ2n) is 8.90. The van der Waals surface area contributed by atoms with Gasteiger partial charge in [0.05, 0.1) is 12.0 Å². The number of ether oxygens (including phenoxy) is 2. The minimum atomic E-state index is -0.832. The number of carbonyl (C=O) groups excluding carboxylic acids is 2. The molecule has 0 spiro atoms. The Balaban J connectivity index is 1.91. The van der Waals surface area contributed by atoms with Gasteiger partial charge in [-0.15, -0.1) is 0 Å². The summed E-state index contributed by atoms with van der Waals surface area (Å²) >= 11 is 6.19. The Morgan fingerprint density at radius 1 is 1.03 bits per heavy atom. The van der Waals surface area contributed by atoms with Gasteiger partial charge in [0.2, 0.25) is 11.7 Å². The van der Waals surface area contributed by atoms with Crippen molar-refractivity contribution in [3.05, 3.63) is 99.1 Å². The van der Waals surface area contributed by atoms with E-state index in [9.17, 15) is 19.7 Å². The first-order valence-corrected chi connectivity index (χ1v) is 12.4. The van der Waals surface area contributed by atoms with Gasteiger partial charge in [-0.2, -0.15) is 0 Å². The van der Waals surface area contributed by atoms with Crippen LogP contribution in [0.15, 0.2) is 72.8 Å². The lowest BCUT2D eigenvalue weighted by atomic mass is 10.0. The molecule has 200 valence electrons. The summed E-state index contributed by atoms with van der Waals surface area (Å²) in [6.07, 6.45) is 0.289. The molecule has 2 amide bonds. The van der Waals surface area contributed by atoms with Gasteiger partial charge >= 0.3 is 5.69 Å². The van der Waals surface area contributed by atoms with Crippen LogP contribution in [0.4, 0.5) is 5.69 Å². The first-order chi connectivity index (χ1) is 18.2. The Kier molecular flexibility index (Phi) is 10.1. The van der Waals surface area contributed by atoms with E-state index >= 15 is 0 Å². The average molecular weight is 540 g/mol. The zero-order valence-electron chi connectivity index (χ0n) is 21.4. The Hall–Kier alpha value is -4.11. The van der Waals surface area contributed by atoms with Gasteiger partial charge in [-0.25, -0.2) is 0 Å². The number of nitro benzene ring substituents is 1. The highest BCUT2D eigenvalue weighted by molar-refractivity contribution is 6.30. The van der Waals surface area contributed by atoms with Crippen LogP contribution in [0.2, 0.25) is 5.02 Å². The SMILES string of the molecule is COc1cc(OCC(=O)N(Cc2cccc(Cl)c2)C(Cc2ccccc2)C(=O)NC(C)C)ccc1[N+](=O)[O-]. The van der Waals surface area contributed by atoms with Crippen molar-refractivity contribution in [1.82, 2.24) is 10.2 Å². The van der Waals surface area contributed by atoms with Gasteiger partial charge in [0.1, 0.15) is 11.8 Å². The van der Waals surface area contributed by atoms with Gasteiger partial charge in [-0.05, 0) is 43.2 Å². The zero-order valence-corrected chi connectivity index (χ0v) is 22.2. The van der Waals surface area contributed by atoms with Crippen molar-refractivity contribution in [3.8, 4) is 11.5 Å². The number of nitrogens with zero attached hydrogens (tertiary/aromatic N) is 2. The molecule has 1 atom stereocenters. The molecule has 3 rings (SSSR count). The fourth-order valence-electron chi connectivity index (χ4n) is 3.89. The van der Waals surface area contributed by atoms with E-state index in [4.69, 9.17) is 21.1 Å². The van der Waals surface area contributed by atoms with E-state index < -0.39 is 23.5 Å². The van der Waals surface area contributed by atoms with Crippen LogP contribution < -0.4 is 14.8 Å². The Morgan fingerprint density at radius 3 is 2.37 bits per heavy atom. The quantitative estimate of drug-likeness (QED) is 0.261. The van der Waals surface area contributed by atoms with Crippen LogP contribution in [0.25, 0.3) is 0 Å². The van der Waals surface area contributed by atoms with E-state index in [1.54, 1.807) is 18.2 Å². The van der Waals surface area contributed by atoms with Crippen molar-refractivity contribution in [2.24, 2.45) is 0 Å². The molecule has 0 aromatic heterocycles. The standard InChI is InChI=1S/C28H30ClN3O6/c1-19(2)30-28(34)25(15-20-8-5-4-6-9-20)31(17-21-10-7-11-22(29)14-21)27(33)18-38-23-12-13-24(32(35)36)26(16-23)37-3/h4-14,16,19,25H,15,17-18H2,1-3H3,(H,30,34). The summed E-state index contributed by atoms with van der Waals surface area (Å²) in [4.78, 5) is 39.1. The third kappa shape index (κ3) is 7.94. The number of benzene rings is 3. The number of amides is 2. The van der Waals surface area contributed by atoms with E-state index in [1.807, 2.05) is 50.2 Å². The first-order valence-electron chi connectivity index (χ1n) is 12.0. The van der Waals surface area contributed by atoms with Crippen LogP contribution in [0, 0.1) is 10.1 Å². The van der Waals surface area contributed by atoms with Crippen LogP contribution in [0.5, 0.6) is 11.5 Å². The van der Waals surface area contributed by atoms with Crippen LogP contribution in [-0.2, 0) is 22.6 Å². The number of nitrogens with one attached hydrogen (secondary N) is 1. The molecule has 0 heterocycles. The summed E-state index contributed by atoms with van der Waals surface area (Å²) in [6.45, 7) is 3.43. The summed E-state index contributed by atoms with van der Waals surface area (Å²) in [5.41, 5.74) is 1.42. The van der Waals surface area contributed by atoms with Crippen molar-refractivity contribution in [2.45, 2.75) is 38.9 Å². The number of halogens is 1. The van der Waals surface area contributed by atoms with E-state index in [0.717, 1.165) is 11.1 Å². The maximum absolute atomic E-state index is 13.6. The summed E-state index contributed by atoms with van der Waals surface area (Å²) in [5.74, 6) is -0.512. The smallest absolute Gasteiger partial charge is 0.311 e. The predicted molar refractivity (Wildman–Crippen MR) is 144 cm³/mol. The lowest BCUT2D eigenvalue weighted by Gasteiger charge is -2.32. The summed E-state index contributed by atoms with van der Waals surface area (Å²) in [5, 5.41) is 14.6. The van der Waals surface area contributed by atoms with Gasteiger partial charge in [0.25, 0.3) is 5.91 Å². The highest BCUT2D eigenvalue weighted by Crippen LogP contribution is 2.31. The number of methoxy groups -OCH3 is 1. The fraction of sp³-hybridized carbons (Fsp3) is 0.286. The molecule has 9 nitrogen and oxygen atoms in total. The van der Waals surface area contributed by atoms with Crippen LogP contribution >= 0.6 is 11.6 Å². The van der Waals surface area contributed by atoms with Crippen LogP contribution in [-0.4, -0.2) is 47.4 Å². The second kappa shape index (κ2) is 13.4. The molecule has 0 radical (unpaired) electrons. The molecule has 0 saturated carbocycles. The summed E-state index contributed by atoms with van der Waals surface area (Å²) < 4.78 is 10.8. The molecule has 3 aromatic carbocycles. The number of nitro groups is 1. The fourth-order valence-corrected chi connectivity index (χ4v) is 4.11. The Labute approximate surface area is 226 Å². The molecule has 0 aliphatic rings. The Morgan fingerprint density at radius 2 is 1.74 bits per heavy atom. The number of rotatable bonds is 12. The number of hydrogen-bond acceptors (Lipinski definition) is 6. The van der Waals surface area contributed by atoms with Crippen LogP contribution in [0.3, 0.4) is 0 Å². The minimum Gasteiger partial charge on any atom is -0.490 e. The lowest BCUT2D eigenvalue weighted by molar-refractivity contribution is -0.385. The zero-order chi connectivity index (χ0) is 27.7. The molecule has 0 fully saturated rings. The molecule has 0 bridgehead atoms. The highest BCUT2D eigenvalue weighted by Gasteiger charge is 2.31. The summed E-state index contributed by atoms with van der Waals surface area (Å²) in [7, 11) is 1.31. The number of carbonyl (C=O) groups is 2. The van der Waals surface area contributed by atoms with Gasteiger partial charge < -0.3 is 19.7 Å². The average Bonchev–Trinajstić information content (AvgIpc) is 2.89. The molecular weight excluding hydrogens is 510 g/mol. The molecule has 1 N–H and O–H groups in total. The molecule has 10 heteroatoms. The maximum atomic E-state index is 13.6. The van der Waals surface area contributed by atoms with E-state index in [1.165, 1.54) is 30.2 Å². The number of hydrogen-bond donors (Lipinski definition) is 1.